The minimum Gasteiger partial charge on any atom is -0.396 e. The van der Waals surface area contributed by atoms with Crippen LogP contribution in [0.5, 0.6) is 0 Å². The molecule has 0 amide bonds. The molecule has 3 nitrogen and oxygen atoms in total. The van der Waals surface area contributed by atoms with E-state index >= 15 is 0 Å². The Morgan fingerprint density at radius 2 is 0.778 bits per heavy atom. The summed E-state index contributed by atoms with van der Waals surface area (Å²) in [6.07, 6.45) is 1.56. The summed E-state index contributed by atoms with van der Waals surface area (Å²) in [6.45, 7) is 0.155. The van der Waals surface area contributed by atoms with Gasteiger partial charge in [0.05, 0.1) is 0 Å². The Hall–Kier alpha value is 0.540. The smallest absolute Gasteiger partial charge is 0.0472 e. The lowest BCUT2D eigenvalue weighted by Crippen LogP contribution is -2.06. The summed E-state index contributed by atoms with van der Waals surface area (Å²) in [5.41, 5.74) is 2.90. The molecule has 0 bridgehead atoms. The van der Waals surface area contributed by atoms with E-state index in [2.05, 4.69) is 47.8 Å². The summed E-state index contributed by atoms with van der Waals surface area (Å²) in [5.74, 6) is 0. The van der Waals surface area contributed by atoms with E-state index in [9.17, 15) is 0 Å². The van der Waals surface area contributed by atoms with Crippen molar-refractivity contribution >= 4 is 47.8 Å². The van der Waals surface area contributed by atoms with E-state index in [0.29, 0.717) is 19.3 Å². The fourth-order valence-electron chi connectivity index (χ4n) is 1.83. The van der Waals surface area contributed by atoms with Crippen molar-refractivity contribution in [2.24, 2.45) is 0 Å². The van der Waals surface area contributed by atoms with Gasteiger partial charge in [-0.3, -0.25) is 0 Å². The molecule has 0 saturated heterocycles. The van der Waals surface area contributed by atoms with Crippen LogP contribution in [0.3, 0.4) is 0 Å². The van der Waals surface area contributed by atoms with Gasteiger partial charge < -0.3 is 15.3 Å². The Bertz CT molecular complexity index is 339. The molecular formula is C12H15Br3O3. The Morgan fingerprint density at radius 1 is 0.556 bits per heavy atom. The standard InChI is InChI=1S/C12H15Br3O3/c13-10-7(1-4-16)11(14)9(3-6-18)12(15)8(10)2-5-17/h16-18H,1-6H2. The van der Waals surface area contributed by atoms with Crippen LogP contribution in [0.15, 0.2) is 13.4 Å². The van der Waals surface area contributed by atoms with E-state index in [0.717, 1.165) is 30.1 Å². The van der Waals surface area contributed by atoms with Crippen molar-refractivity contribution in [3.05, 3.63) is 30.1 Å². The fourth-order valence-corrected chi connectivity index (χ4v) is 5.01. The van der Waals surface area contributed by atoms with Crippen LogP contribution < -0.4 is 0 Å². The minimum absolute atomic E-state index is 0.0515. The highest BCUT2D eigenvalue weighted by Gasteiger charge is 2.19. The number of benzene rings is 1. The molecule has 102 valence electrons. The van der Waals surface area contributed by atoms with Gasteiger partial charge in [-0.05, 0) is 36.0 Å². The zero-order valence-electron chi connectivity index (χ0n) is 9.72. The Kier molecular flexibility index (Phi) is 7.35. The number of rotatable bonds is 6. The van der Waals surface area contributed by atoms with Crippen LogP contribution in [0.1, 0.15) is 16.7 Å². The lowest BCUT2D eigenvalue weighted by molar-refractivity contribution is 0.295. The lowest BCUT2D eigenvalue weighted by atomic mass is 10.00. The average molecular weight is 447 g/mol. The molecule has 0 aliphatic heterocycles. The van der Waals surface area contributed by atoms with Gasteiger partial charge in [-0.15, -0.1) is 0 Å². The number of aliphatic hydroxyl groups is 3. The van der Waals surface area contributed by atoms with Gasteiger partial charge in [-0.1, -0.05) is 47.8 Å². The first-order valence-corrected chi connectivity index (χ1v) is 7.96. The van der Waals surface area contributed by atoms with E-state index in [1.54, 1.807) is 0 Å². The van der Waals surface area contributed by atoms with Crippen LogP contribution in [-0.4, -0.2) is 35.1 Å². The highest BCUT2D eigenvalue weighted by Crippen LogP contribution is 2.39. The SMILES string of the molecule is OCCc1c(Br)c(CCO)c(Br)c(CCO)c1Br. The number of hydrogen-bond acceptors (Lipinski definition) is 3. The molecule has 0 aromatic heterocycles. The second-order valence-electron chi connectivity index (χ2n) is 3.80. The largest absolute Gasteiger partial charge is 0.396 e. The molecule has 1 aromatic carbocycles. The second kappa shape index (κ2) is 7.97. The highest BCUT2D eigenvalue weighted by atomic mass is 79.9. The third-order valence-electron chi connectivity index (χ3n) is 2.68. The topological polar surface area (TPSA) is 60.7 Å². The third kappa shape index (κ3) is 3.55. The van der Waals surface area contributed by atoms with Gasteiger partial charge in [0.25, 0.3) is 0 Å². The van der Waals surface area contributed by atoms with Crippen molar-refractivity contribution in [3.8, 4) is 0 Å². The fraction of sp³-hybridized carbons (Fsp3) is 0.500. The van der Waals surface area contributed by atoms with Crippen LogP contribution in [0, 0.1) is 0 Å². The first kappa shape index (κ1) is 16.6. The van der Waals surface area contributed by atoms with E-state index in [-0.39, 0.29) is 19.8 Å². The summed E-state index contributed by atoms with van der Waals surface area (Å²) >= 11 is 10.6. The highest BCUT2D eigenvalue weighted by molar-refractivity contribution is 9.11. The van der Waals surface area contributed by atoms with Crippen LogP contribution in [-0.2, 0) is 19.3 Å². The van der Waals surface area contributed by atoms with Crippen molar-refractivity contribution < 1.29 is 15.3 Å². The Balaban J connectivity index is 3.42. The van der Waals surface area contributed by atoms with Gasteiger partial charge in [-0.2, -0.15) is 0 Å². The summed E-state index contributed by atoms with van der Waals surface area (Å²) in [7, 11) is 0. The zero-order chi connectivity index (χ0) is 13.7. The quantitative estimate of drug-likeness (QED) is 0.629. The first-order valence-electron chi connectivity index (χ1n) is 5.58. The number of halogens is 3. The number of aliphatic hydroxyl groups excluding tert-OH is 3. The lowest BCUT2D eigenvalue weighted by Gasteiger charge is -2.18. The monoisotopic (exact) mass is 444 g/mol. The molecule has 0 unspecified atom stereocenters. The van der Waals surface area contributed by atoms with Gasteiger partial charge in [0.1, 0.15) is 0 Å². The Labute approximate surface area is 132 Å². The normalized spacial score (nSPS) is 11.0. The molecule has 1 aromatic rings. The van der Waals surface area contributed by atoms with Crippen LogP contribution >= 0.6 is 47.8 Å². The average Bonchev–Trinajstić information content (AvgIpc) is 2.35. The van der Waals surface area contributed by atoms with E-state index < -0.39 is 0 Å². The van der Waals surface area contributed by atoms with E-state index in [1.807, 2.05) is 0 Å². The van der Waals surface area contributed by atoms with E-state index in [4.69, 9.17) is 15.3 Å². The molecule has 6 heteroatoms. The summed E-state index contributed by atoms with van der Waals surface area (Å²) in [6, 6.07) is 0. The van der Waals surface area contributed by atoms with Gasteiger partial charge in [0.15, 0.2) is 0 Å². The summed E-state index contributed by atoms with van der Waals surface area (Å²) < 4.78 is 2.68. The molecule has 1 rings (SSSR count). The molecule has 0 radical (unpaired) electrons. The zero-order valence-corrected chi connectivity index (χ0v) is 14.5. The maximum absolute atomic E-state index is 9.13. The minimum atomic E-state index is 0.0515. The molecule has 18 heavy (non-hydrogen) atoms. The molecule has 0 spiro atoms. The van der Waals surface area contributed by atoms with Crippen LogP contribution in [0.25, 0.3) is 0 Å². The summed E-state index contributed by atoms with van der Waals surface area (Å²) in [4.78, 5) is 0. The molecule has 0 saturated carbocycles. The van der Waals surface area contributed by atoms with Crippen molar-refractivity contribution in [3.63, 3.8) is 0 Å². The third-order valence-corrected chi connectivity index (χ3v) is 5.55. The predicted molar refractivity (Wildman–Crippen MR) is 81.9 cm³/mol. The first-order chi connectivity index (χ1) is 8.58. The van der Waals surface area contributed by atoms with Crippen molar-refractivity contribution in [1.82, 2.24) is 0 Å². The van der Waals surface area contributed by atoms with Crippen molar-refractivity contribution in [1.29, 1.82) is 0 Å². The van der Waals surface area contributed by atoms with Gasteiger partial charge >= 0.3 is 0 Å². The molecule has 0 aliphatic carbocycles. The van der Waals surface area contributed by atoms with Crippen molar-refractivity contribution in [2.45, 2.75) is 19.3 Å². The molecule has 0 fully saturated rings. The Morgan fingerprint density at radius 3 is 0.944 bits per heavy atom. The number of hydrogen-bond donors (Lipinski definition) is 3. The van der Waals surface area contributed by atoms with Gasteiger partial charge in [0, 0.05) is 33.2 Å². The molecule has 0 aliphatic rings. The molecule has 0 heterocycles. The van der Waals surface area contributed by atoms with Gasteiger partial charge in [-0.25, -0.2) is 0 Å². The summed E-state index contributed by atoms with van der Waals surface area (Å²) in [5, 5.41) is 27.4. The second-order valence-corrected chi connectivity index (χ2v) is 6.18. The maximum Gasteiger partial charge on any atom is 0.0472 e. The van der Waals surface area contributed by atoms with E-state index in [1.165, 1.54) is 0 Å². The molecule has 0 atom stereocenters. The van der Waals surface area contributed by atoms with Crippen LogP contribution in [0.2, 0.25) is 0 Å². The van der Waals surface area contributed by atoms with Crippen LogP contribution in [0.4, 0.5) is 0 Å². The predicted octanol–water partition coefficient (Wildman–Crippen LogP) is 2.58. The van der Waals surface area contributed by atoms with Crippen molar-refractivity contribution in [2.75, 3.05) is 19.8 Å². The molecule has 3 N–H and O–H groups in total. The van der Waals surface area contributed by atoms with Gasteiger partial charge in [0.2, 0.25) is 0 Å². The maximum atomic E-state index is 9.13. The molecular weight excluding hydrogens is 432 g/mol.